The SMILES string of the molecule is C=CC(C)(O)CC[C@@]1(C)C2=CCCC(C)(C)C2=C[C@H](O)[C@H]1C. The molecule has 2 N–H and O–H groups in total. The molecule has 2 nitrogen and oxygen atoms in total. The van der Waals surface area contributed by atoms with Crippen LogP contribution >= 0.6 is 0 Å². The maximum atomic E-state index is 10.6. The zero-order valence-electron chi connectivity index (χ0n) is 14.8. The summed E-state index contributed by atoms with van der Waals surface area (Å²) in [6, 6.07) is 0. The molecule has 0 radical (unpaired) electrons. The summed E-state index contributed by atoms with van der Waals surface area (Å²) in [5.41, 5.74) is 1.87. The van der Waals surface area contributed by atoms with Crippen molar-refractivity contribution in [3.05, 3.63) is 36.0 Å². The molecular weight excluding hydrogens is 272 g/mol. The highest BCUT2D eigenvalue weighted by Gasteiger charge is 2.47. The topological polar surface area (TPSA) is 40.5 Å². The van der Waals surface area contributed by atoms with E-state index in [1.807, 2.05) is 6.92 Å². The third-order valence-electron chi connectivity index (χ3n) is 6.20. The summed E-state index contributed by atoms with van der Waals surface area (Å²) >= 11 is 0. The third kappa shape index (κ3) is 2.96. The molecule has 0 aliphatic heterocycles. The lowest BCUT2D eigenvalue weighted by atomic mass is 9.55. The first-order chi connectivity index (χ1) is 10.0. The molecule has 2 aliphatic carbocycles. The Labute approximate surface area is 135 Å². The van der Waals surface area contributed by atoms with Gasteiger partial charge in [-0.15, -0.1) is 6.58 Å². The molecule has 124 valence electrons. The number of allylic oxidation sites excluding steroid dienone is 3. The maximum absolute atomic E-state index is 10.6. The lowest BCUT2D eigenvalue weighted by Crippen LogP contribution is -2.43. The molecule has 2 heteroatoms. The van der Waals surface area contributed by atoms with Gasteiger partial charge in [-0.3, -0.25) is 0 Å². The lowest BCUT2D eigenvalue weighted by Gasteiger charge is -2.50. The molecule has 2 rings (SSSR count). The van der Waals surface area contributed by atoms with E-state index in [4.69, 9.17) is 0 Å². The zero-order valence-corrected chi connectivity index (χ0v) is 14.8. The fraction of sp³-hybridized carbons (Fsp3) is 0.700. The largest absolute Gasteiger partial charge is 0.389 e. The molecule has 4 atom stereocenters. The minimum atomic E-state index is -0.847. The standard InChI is InChI=1S/C20H32O2/c1-7-19(5,22)11-12-20(6)14(2)17(21)13-16-15(20)9-8-10-18(16,3)4/h7,9,13-14,17,21-22H,1,8,10-12H2,2-6H3/t14-,17+,19?,20-/m1/s1. The molecule has 0 fully saturated rings. The first kappa shape index (κ1) is 17.5. The molecule has 0 bridgehead atoms. The monoisotopic (exact) mass is 304 g/mol. The van der Waals surface area contributed by atoms with Crippen LogP contribution in [0.4, 0.5) is 0 Å². The summed E-state index contributed by atoms with van der Waals surface area (Å²) in [6.07, 6.45) is 9.38. The maximum Gasteiger partial charge on any atom is 0.0797 e. The second-order valence-corrected chi connectivity index (χ2v) is 8.38. The number of rotatable bonds is 4. The minimum absolute atomic E-state index is 0.103. The van der Waals surface area contributed by atoms with Crippen molar-refractivity contribution in [1.82, 2.24) is 0 Å². The van der Waals surface area contributed by atoms with Crippen molar-refractivity contribution in [1.29, 1.82) is 0 Å². The molecule has 0 heterocycles. The van der Waals surface area contributed by atoms with Crippen molar-refractivity contribution in [3.8, 4) is 0 Å². The number of aliphatic hydroxyl groups is 2. The van der Waals surface area contributed by atoms with E-state index in [9.17, 15) is 10.2 Å². The second-order valence-electron chi connectivity index (χ2n) is 8.38. The van der Waals surface area contributed by atoms with Gasteiger partial charge in [-0.2, -0.15) is 0 Å². The summed E-state index contributed by atoms with van der Waals surface area (Å²) in [7, 11) is 0. The van der Waals surface area contributed by atoms with Crippen LogP contribution in [0, 0.1) is 16.7 Å². The number of hydrogen-bond donors (Lipinski definition) is 2. The lowest BCUT2D eigenvalue weighted by molar-refractivity contribution is 0.0409. The molecule has 0 spiro atoms. The van der Waals surface area contributed by atoms with Crippen LogP contribution < -0.4 is 0 Å². The summed E-state index contributed by atoms with van der Waals surface area (Å²) in [6.45, 7) is 14.5. The Kier molecular flexibility index (Phi) is 4.49. The summed E-state index contributed by atoms with van der Waals surface area (Å²) in [5.74, 6) is 0.150. The zero-order chi connectivity index (χ0) is 16.8. The van der Waals surface area contributed by atoms with E-state index in [1.165, 1.54) is 11.1 Å². The van der Waals surface area contributed by atoms with Crippen LogP contribution in [-0.4, -0.2) is 21.9 Å². The normalized spacial score (nSPS) is 36.7. The van der Waals surface area contributed by atoms with Crippen LogP contribution in [0.2, 0.25) is 0 Å². The molecule has 1 unspecified atom stereocenters. The van der Waals surface area contributed by atoms with Crippen LogP contribution in [0.25, 0.3) is 0 Å². The Hall–Kier alpha value is -0.860. The molecule has 22 heavy (non-hydrogen) atoms. The van der Waals surface area contributed by atoms with Gasteiger partial charge in [0.1, 0.15) is 0 Å². The molecule has 0 saturated carbocycles. The Balaban J connectivity index is 2.39. The Morgan fingerprint density at radius 1 is 1.36 bits per heavy atom. The van der Waals surface area contributed by atoms with E-state index in [0.29, 0.717) is 6.42 Å². The van der Waals surface area contributed by atoms with E-state index in [1.54, 1.807) is 6.08 Å². The quantitative estimate of drug-likeness (QED) is 0.756. The van der Waals surface area contributed by atoms with E-state index < -0.39 is 11.7 Å². The van der Waals surface area contributed by atoms with Gasteiger partial charge in [0.2, 0.25) is 0 Å². The van der Waals surface area contributed by atoms with Gasteiger partial charge in [-0.25, -0.2) is 0 Å². The van der Waals surface area contributed by atoms with Gasteiger partial charge in [-0.05, 0) is 60.5 Å². The number of aliphatic hydroxyl groups excluding tert-OH is 1. The summed E-state index contributed by atoms with van der Waals surface area (Å²) in [4.78, 5) is 0. The average molecular weight is 304 g/mol. The first-order valence-corrected chi connectivity index (χ1v) is 8.51. The fourth-order valence-electron chi connectivity index (χ4n) is 3.96. The molecular formula is C20H32O2. The van der Waals surface area contributed by atoms with Crippen LogP contribution in [0.5, 0.6) is 0 Å². The van der Waals surface area contributed by atoms with Crippen molar-refractivity contribution in [3.63, 3.8) is 0 Å². The van der Waals surface area contributed by atoms with E-state index in [2.05, 4.69) is 46.4 Å². The van der Waals surface area contributed by atoms with E-state index >= 15 is 0 Å². The van der Waals surface area contributed by atoms with Crippen molar-refractivity contribution in [2.75, 3.05) is 0 Å². The van der Waals surface area contributed by atoms with Crippen molar-refractivity contribution in [2.45, 2.75) is 72.0 Å². The smallest absolute Gasteiger partial charge is 0.0797 e. The van der Waals surface area contributed by atoms with Crippen molar-refractivity contribution >= 4 is 0 Å². The van der Waals surface area contributed by atoms with E-state index in [0.717, 1.165) is 19.3 Å². The summed E-state index contributed by atoms with van der Waals surface area (Å²) in [5, 5.41) is 20.9. The Morgan fingerprint density at radius 2 is 2.00 bits per heavy atom. The highest BCUT2D eigenvalue weighted by Crippen LogP contribution is 2.55. The van der Waals surface area contributed by atoms with Crippen LogP contribution in [0.15, 0.2) is 36.0 Å². The predicted molar refractivity (Wildman–Crippen MR) is 92.5 cm³/mol. The van der Waals surface area contributed by atoms with Crippen LogP contribution in [-0.2, 0) is 0 Å². The van der Waals surface area contributed by atoms with E-state index in [-0.39, 0.29) is 16.7 Å². The van der Waals surface area contributed by atoms with Gasteiger partial charge < -0.3 is 10.2 Å². The number of fused-ring (bicyclic) bond motifs is 1. The average Bonchev–Trinajstić information content (AvgIpc) is 2.44. The van der Waals surface area contributed by atoms with Gasteiger partial charge >= 0.3 is 0 Å². The molecule has 0 aromatic carbocycles. The van der Waals surface area contributed by atoms with Gasteiger partial charge in [0.05, 0.1) is 11.7 Å². The second kappa shape index (κ2) is 5.65. The predicted octanol–water partition coefficient (Wildman–Crippen LogP) is 4.39. The third-order valence-corrected chi connectivity index (χ3v) is 6.20. The Morgan fingerprint density at radius 3 is 2.59 bits per heavy atom. The van der Waals surface area contributed by atoms with Gasteiger partial charge in [0.25, 0.3) is 0 Å². The van der Waals surface area contributed by atoms with Gasteiger partial charge in [0, 0.05) is 0 Å². The van der Waals surface area contributed by atoms with Crippen LogP contribution in [0.3, 0.4) is 0 Å². The first-order valence-electron chi connectivity index (χ1n) is 8.51. The van der Waals surface area contributed by atoms with Gasteiger partial charge in [-0.1, -0.05) is 45.9 Å². The molecule has 0 aromatic rings. The summed E-state index contributed by atoms with van der Waals surface area (Å²) < 4.78 is 0. The molecule has 2 aliphatic rings. The molecule has 0 saturated heterocycles. The minimum Gasteiger partial charge on any atom is -0.389 e. The molecule has 0 aromatic heterocycles. The highest BCUT2D eigenvalue weighted by atomic mass is 16.3. The van der Waals surface area contributed by atoms with Gasteiger partial charge in [0.15, 0.2) is 0 Å². The molecule has 0 amide bonds. The Bertz CT molecular complexity index is 510. The van der Waals surface area contributed by atoms with Crippen LogP contribution in [0.1, 0.15) is 60.3 Å². The van der Waals surface area contributed by atoms with Crippen molar-refractivity contribution < 1.29 is 10.2 Å². The van der Waals surface area contributed by atoms with Crippen molar-refractivity contribution in [2.24, 2.45) is 16.7 Å². The highest BCUT2D eigenvalue weighted by molar-refractivity contribution is 5.46. The number of hydrogen-bond acceptors (Lipinski definition) is 2. The fourth-order valence-corrected chi connectivity index (χ4v) is 3.96.